The monoisotopic (exact) mass is 269 g/mol. The minimum absolute atomic E-state index is 0.113. The Morgan fingerprint density at radius 1 is 1.53 bits per heavy atom. The van der Waals surface area contributed by atoms with Crippen molar-refractivity contribution < 1.29 is 19.9 Å². The van der Waals surface area contributed by atoms with Crippen molar-refractivity contribution in [3.8, 4) is 0 Å². The lowest BCUT2D eigenvalue weighted by Crippen LogP contribution is -2.22. The molecule has 0 aromatic carbocycles. The van der Waals surface area contributed by atoms with Crippen LogP contribution >= 0.6 is 0 Å². The number of carboxylic acids is 1. The van der Waals surface area contributed by atoms with Crippen LogP contribution in [0.5, 0.6) is 0 Å². The molecule has 2 unspecified atom stereocenters. The molecule has 0 amide bonds. The molecule has 8 heteroatoms. The Bertz CT molecular complexity index is 489. The zero-order chi connectivity index (χ0) is 14.6. The van der Waals surface area contributed by atoms with Gasteiger partial charge in [-0.25, -0.2) is 9.78 Å². The van der Waals surface area contributed by atoms with E-state index >= 15 is 0 Å². The number of aliphatic hydroxyl groups is 1. The Morgan fingerprint density at radius 3 is 2.63 bits per heavy atom. The molecule has 1 rings (SSSR count). The molecular weight excluding hydrogens is 254 g/mol. The largest absolute Gasteiger partial charge is 0.477 e. The van der Waals surface area contributed by atoms with Crippen molar-refractivity contribution >= 4 is 17.5 Å². The molecule has 0 spiro atoms. The highest BCUT2D eigenvalue weighted by molar-refractivity contribution is 5.86. The number of nitro groups is 1. The van der Waals surface area contributed by atoms with Gasteiger partial charge in [0.15, 0.2) is 5.69 Å². The predicted octanol–water partition coefficient (Wildman–Crippen LogP) is 1.26. The summed E-state index contributed by atoms with van der Waals surface area (Å²) in [6.07, 6.45) is -0.222. The zero-order valence-electron chi connectivity index (χ0n) is 10.5. The molecule has 19 heavy (non-hydrogen) atoms. The lowest BCUT2D eigenvalue weighted by molar-refractivity contribution is -0.384. The van der Waals surface area contributed by atoms with Crippen molar-refractivity contribution in [1.29, 1.82) is 0 Å². The van der Waals surface area contributed by atoms with Crippen molar-refractivity contribution in [3.63, 3.8) is 0 Å². The van der Waals surface area contributed by atoms with Crippen molar-refractivity contribution in [2.24, 2.45) is 0 Å². The lowest BCUT2D eigenvalue weighted by Gasteiger charge is -2.16. The first-order valence-electron chi connectivity index (χ1n) is 5.64. The third kappa shape index (κ3) is 4.18. The molecule has 0 radical (unpaired) electrons. The Labute approximate surface area is 109 Å². The first-order chi connectivity index (χ1) is 8.81. The highest BCUT2D eigenvalue weighted by atomic mass is 16.6. The Kier molecular flexibility index (Phi) is 4.76. The molecule has 2 atom stereocenters. The number of nitrogens with one attached hydrogen (secondary N) is 1. The molecule has 0 saturated carbocycles. The minimum atomic E-state index is -1.26. The maximum absolute atomic E-state index is 10.8. The van der Waals surface area contributed by atoms with E-state index in [0.29, 0.717) is 6.42 Å². The summed E-state index contributed by atoms with van der Waals surface area (Å²) < 4.78 is 0. The Hall–Kier alpha value is -2.22. The molecule has 8 nitrogen and oxygen atoms in total. The third-order valence-corrected chi connectivity index (χ3v) is 2.37. The van der Waals surface area contributed by atoms with Crippen molar-refractivity contribution in [1.82, 2.24) is 4.98 Å². The van der Waals surface area contributed by atoms with Gasteiger partial charge in [-0.1, -0.05) is 0 Å². The van der Waals surface area contributed by atoms with E-state index in [9.17, 15) is 20.0 Å². The van der Waals surface area contributed by atoms with E-state index in [-0.39, 0.29) is 23.2 Å². The smallest absolute Gasteiger partial charge is 0.354 e. The molecule has 0 saturated heterocycles. The van der Waals surface area contributed by atoms with Gasteiger partial charge >= 0.3 is 11.7 Å². The second-order valence-corrected chi connectivity index (χ2v) is 4.26. The number of aromatic nitrogens is 1. The van der Waals surface area contributed by atoms with Crippen molar-refractivity contribution in [2.45, 2.75) is 32.4 Å². The molecule has 0 bridgehead atoms. The SMILES string of the molecule is CC(O)CC(C)Nc1nc(C(=O)O)ccc1[N+](=O)[O-]. The maximum atomic E-state index is 10.8. The molecule has 0 aliphatic rings. The molecular formula is C11H15N3O5. The molecule has 1 aromatic heterocycles. The van der Waals surface area contributed by atoms with Crippen LogP contribution in [0.15, 0.2) is 12.1 Å². The second kappa shape index (κ2) is 6.10. The number of nitrogens with zero attached hydrogens (tertiary/aromatic N) is 2. The Morgan fingerprint density at radius 2 is 2.16 bits per heavy atom. The number of carbonyl (C=O) groups is 1. The predicted molar refractivity (Wildman–Crippen MR) is 67.2 cm³/mol. The van der Waals surface area contributed by atoms with Gasteiger partial charge in [-0.15, -0.1) is 0 Å². The van der Waals surface area contributed by atoms with E-state index in [1.165, 1.54) is 0 Å². The second-order valence-electron chi connectivity index (χ2n) is 4.26. The fraction of sp³-hybridized carbons (Fsp3) is 0.455. The summed E-state index contributed by atoms with van der Waals surface area (Å²) in [5, 5.41) is 31.6. The van der Waals surface area contributed by atoms with E-state index < -0.39 is 17.0 Å². The fourth-order valence-corrected chi connectivity index (χ4v) is 1.63. The number of rotatable bonds is 6. The van der Waals surface area contributed by atoms with E-state index in [1.807, 2.05) is 0 Å². The third-order valence-electron chi connectivity index (χ3n) is 2.37. The highest BCUT2D eigenvalue weighted by Crippen LogP contribution is 2.23. The van der Waals surface area contributed by atoms with Gasteiger partial charge in [0.05, 0.1) is 11.0 Å². The van der Waals surface area contributed by atoms with Crippen LogP contribution in [0.4, 0.5) is 11.5 Å². The molecule has 0 fully saturated rings. The first kappa shape index (κ1) is 14.8. The Balaban J connectivity index is 3.04. The van der Waals surface area contributed by atoms with E-state index in [1.54, 1.807) is 13.8 Å². The van der Waals surface area contributed by atoms with Gasteiger partial charge in [0.1, 0.15) is 0 Å². The highest BCUT2D eigenvalue weighted by Gasteiger charge is 2.20. The number of aliphatic hydroxyl groups excluding tert-OH is 1. The molecule has 0 aliphatic carbocycles. The number of anilines is 1. The summed E-state index contributed by atoms with van der Waals surface area (Å²) in [4.78, 5) is 24.7. The van der Waals surface area contributed by atoms with Crippen molar-refractivity contribution in [2.75, 3.05) is 5.32 Å². The van der Waals surface area contributed by atoms with Gasteiger partial charge in [0.25, 0.3) is 0 Å². The topological polar surface area (TPSA) is 126 Å². The van der Waals surface area contributed by atoms with E-state index in [0.717, 1.165) is 12.1 Å². The molecule has 0 aliphatic heterocycles. The number of carboxylic acid groups (broad SMARTS) is 1. The number of hydrogen-bond acceptors (Lipinski definition) is 6. The number of pyridine rings is 1. The summed E-state index contributed by atoms with van der Waals surface area (Å²) >= 11 is 0. The first-order valence-corrected chi connectivity index (χ1v) is 5.64. The summed E-state index contributed by atoms with van der Waals surface area (Å²) in [5.74, 6) is -1.38. The van der Waals surface area contributed by atoms with E-state index in [4.69, 9.17) is 5.11 Å². The molecule has 3 N–H and O–H groups in total. The number of hydrogen-bond donors (Lipinski definition) is 3. The summed E-state index contributed by atoms with van der Waals surface area (Å²) in [6.45, 7) is 3.30. The lowest BCUT2D eigenvalue weighted by atomic mass is 10.1. The van der Waals surface area contributed by atoms with Gasteiger partial charge in [-0.05, 0) is 26.3 Å². The van der Waals surface area contributed by atoms with Crippen LogP contribution in [0.3, 0.4) is 0 Å². The van der Waals surface area contributed by atoms with Crippen LogP contribution in [-0.2, 0) is 0 Å². The van der Waals surface area contributed by atoms with Gasteiger partial charge in [-0.3, -0.25) is 10.1 Å². The van der Waals surface area contributed by atoms with E-state index in [2.05, 4.69) is 10.3 Å². The molecule has 104 valence electrons. The van der Waals surface area contributed by atoms with Crippen LogP contribution < -0.4 is 5.32 Å². The van der Waals surface area contributed by atoms with Gasteiger partial charge in [-0.2, -0.15) is 0 Å². The maximum Gasteiger partial charge on any atom is 0.354 e. The molecule has 1 heterocycles. The van der Waals surface area contributed by atoms with Crippen LogP contribution in [0, 0.1) is 10.1 Å². The van der Waals surface area contributed by atoms with Crippen LogP contribution in [-0.4, -0.2) is 38.2 Å². The summed E-state index contributed by atoms with van der Waals surface area (Å²) in [5.41, 5.74) is -0.584. The van der Waals surface area contributed by atoms with Gasteiger partial charge < -0.3 is 15.5 Å². The quantitative estimate of drug-likeness (QED) is 0.524. The fourth-order valence-electron chi connectivity index (χ4n) is 1.63. The standard InChI is InChI=1S/C11H15N3O5/c1-6(5-7(2)15)12-10-9(14(18)19)4-3-8(13-10)11(16)17/h3-4,6-7,15H,5H2,1-2H3,(H,12,13)(H,16,17). The number of aromatic carboxylic acids is 1. The average Bonchev–Trinajstić information content (AvgIpc) is 2.26. The van der Waals surface area contributed by atoms with Crippen LogP contribution in [0.25, 0.3) is 0 Å². The van der Waals surface area contributed by atoms with Gasteiger partial charge in [0.2, 0.25) is 5.82 Å². The molecule has 1 aromatic rings. The normalized spacial score (nSPS) is 13.6. The minimum Gasteiger partial charge on any atom is -0.477 e. The van der Waals surface area contributed by atoms with Crippen molar-refractivity contribution in [3.05, 3.63) is 27.9 Å². The summed E-state index contributed by atoms with van der Waals surface area (Å²) in [7, 11) is 0. The van der Waals surface area contributed by atoms with Crippen LogP contribution in [0.2, 0.25) is 0 Å². The van der Waals surface area contributed by atoms with Crippen LogP contribution in [0.1, 0.15) is 30.8 Å². The van der Waals surface area contributed by atoms with Gasteiger partial charge in [0, 0.05) is 12.1 Å². The summed E-state index contributed by atoms with van der Waals surface area (Å²) in [6, 6.07) is 1.88. The zero-order valence-corrected chi connectivity index (χ0v) is 10.5. The average molecular weight is 269 g/mol.